The lowest BCUT2D eigenvalue weighted by Crippen LogP contribution is -2.18. The van der Waals surface area contributed by atoms with Crippen molar-refractivity contribution in [1.82, 2.24) is 5.43 Å². The molecule has 0 aliphatic heterocycles. The number of ether oxygens (including phenoxy) is 4. The number of non-ortho nitro benzene ring substituents is 1. The SMILES string of the molecule is COc1cc(C(=O)Nc2ccc(C(=O)N/N=C/c3cc([N+](=O)[O-])ccc3OC(=O)/C=C/c3ccc(Cl)cc3)cc2)cc(OC)c1OC. The summed E-state index contributed by atoms with van der Waals surface area (Å²) in [5, 5.41) is 18.5. The van der Waals surface area contributed by atoms with Gasteiger partial charge in [-0.25, -0.2) is 10.2 Å². The molecule has 0 saturated heterocycles. The Balaban J connectivity index is 1.42. The van der Waals surface area contributed by atoms with E-state index >= 15 is 0 Å². The highest BCUT2D eigenvalue weighted by molar-refractivity contribution is 6.30. The third-order valence-electron chi connectivity index (χ3n) is 6.40. The normalized spacial score (nSPS) is 10.8. The lowest BCUT2D eigenvalue weighted by molar-refractivity contribution is -0.384. The number of anilines is 1. The molecule has 4 rings (SSSR count). The summed E-state index contributed by atoms with van der Waals surface area (Å²) in [7, 11) is 4.33. The molecule has 0 saturated carbocycles. The smallest absolute Gasteiger partial charge is 0.336 e. The molecule has 0 fully saturated rings. The standard InChI is InChI=1S/C33H27ClN4O9/c1-44-28-17-22(18-29(45-2)31(28)46-3)32(40)36-25-11-7-21(8-12-25)33(41)37-35-19-23-16-26(38(42)43)13-14-27(23)47-30(39)15-6-20-4-9-24(34)10-5-20/h4-19H,1-3H3,(H,36,40)(H,37,41)/b15-6+,35-19+. The van der Waals surface area contributed by atoms with E-state index in [9.17, 15) is 24.5 Å². The predicted octanol–water partition coefficient (Wildman–Crippen LogP) is 5.91. The Morgan fingerprint density at radius 3 is 2.06 bits per heavy atom. The zero-order chi connectivity index (χ0) is 33.9. The van der Waals surface area contributed by atoms with Crippen LogP contribution < -0.4 is 29.7 Å². The molecule has 4 aromatic rings. The van der Waals surface area contributed by atoms with Crippen LogP contribution in [-0.4, -0.2) is 50.3 Å². The maximum atomic E-state index is 12.9. The number of halogens is 1. The molecule has 2 amide bonds. The molecule has 0 aliphatic carbocycles. The molecule has 2 N–H and O–H groups in total. The van der Waals surface area contributed by atoms with Gasteiger partial charge in [-0.05, 0) is 66.2 Å². The largest absolute Gasteiger partial charge is 0.493 e. The van der Waals surface area contributed by atoms with Crippen molar-refractivity contribution < 1.29 is 38.3 Å². The van der Waals surface area contributed by atoms with Gasteiger partial charge in [0.1, 0.15) is 5.75 Å². The summed E-state index contributed by atoms with van der Waals surface area (Å²) < 4.78 is 21.2. The second kappa shape index (κ2) is 15.7. The second-order valence-electron chi connectivity index (χ2n) is 9.43. The summed E-state index contributed by atoms with van der Waals surface area (Å²) in [6, 6.07) is 19.3. The number of esters is 1. The molecule has 0 unspecified atom stereocenters. The van der Waals surface area contributed by atoms with Gasteiger partial charge in [0.25, 0.3) is 17.5 Å². The average Bonchev–Trinajstić information content (AvgIpc) is 3.08. The van der Waals surface area contributed by atoms with Crippen molar-refractivity contribution in [3.8, 4) is 23.0 Å². The van der Waals surface area contributed by atoms with Gasteiger partial charge in [0.2, 0.25) is 5.75 Å². The Hall–Kier alpha value is -6.21. The zero-order valence-corrected chi connectivity index (χ0v) is 25.9. The van der Waals surface area contributed by atoms with Gasteiger partial charge in [0, 0.05) is 45.6 Å². The van der Waals surface area contributed by atoms with Gasteiger partial charge < -0.3 is 24.3 Å². The lowest BCUT2D eigenvalue weighted by Gasteiger charge is -2.14. The van der Waals surface area contributed by atoms with Crippen molar-refractivity contribution in [3.63, 3.8) is 0 Å². The number of nitrogens with one attached hydrogen (secondary N) is 2. The third-order valence-corrected chi connectivity index (χ3v) is 6.65. The van der Waals surface area contributed by atoms with Gasteiger partial charge in [-0.1, -0.05) is 23.7 Å². The molecule has 0 radical (unpaired) electrons. The van der Waals surface area contributed by atoms with Crippen molar-refractivity contribution in [3.05, 3.63) is 122 Å². The number of methoxy groups -OCH3 is 3. The Labute approximate surface area is 273 Å². The highest BCUT2D eigenvalue weighted by atomic mass is 35.5. The van der Waals surface area contributed by atoms with E-state index in [-0.39, 0.29) is 28.1 Å². The summed E-state index contributed by atoms with van der Waals surface area (Å²) in [5.41, 5.74) is 3.66. The first kappa shape index (κ1) is 33.7. The van der Waals surface area contributed by atoms with Crippen LogP contribution in [0.4, 0.5) is 11.4 Å². The number of carbonyl (C=O) groups is 3. The number of hydrogen-bond donors (Lipinski definition) is 2. The minimum Gasteiger partial charge on any atom is -0.493 e. The number of hydrazone groups is 1. The fourth-order valence-electron chi connectivity index (χ4n) is 4.07. The average molecular weight is 659 g/mol. The summed E-state index contributed by atoms with van der Waals surface area (Å²) in [6.45, 7) is 0. The molecular formula is C33H27ClN4O9. The van der Waals surface area contributed by atoms with Gasteiger partial charge in [-0.3, -0.25) is 19.7 Å². The van der Waals surface area contributed by atoms with Gasteiger partial charge in [-0.15, -0.1) is 0 Å². The Morgan fingerprint density at radius 2 is 1.47 bits per heavy atom. The number of nitro groups is 1. The Kier molecular flexibility index (Phi) is 11.2. The summed E-state index contributed by atoms with van der Waals surface area (Å²) in [5.74, 6) is -0.873. The van der Waals surface area contributed by atoms with Crippen molar-refractivity contribution in [1.29, 1.82) is 0 Å². The number of nitro benzene ring substituents is 1. The van der Waals surface area contributed by atoms with Gasteiger partial charge in [-0.2, -0.15) is 5.10 Å². The van der Waals surface area contributed by atoms with Crippen molar-refractivity contribution in [2.24, 2.45) is 5.10 Å². The minimum absolute atomic E-state index is 0.0217. The van der Waals surface area contributed by atoms with Crippen LogP contribution in [0.5, 0.6) is 23.0 Å². The minimum atomic E-state index is -0.745. The summed E-state index contributed by atoms with van der Waals surface area (Å²) in [4.78, 5) is 48.7. The molecule has 0 aromatic heterocycles. The van der Waals surface area contributed by atoms with Crippen LogP contribution in [0.3, 0.4) is 0 Å². The monoisotopic (exact) mass is 658 g/mol. The summed E-state index contributed by atoms with van der Waals surface area (Å²) >= 11 is 5.87. The molecule has 240 valence electrons. The fourth-order valence-corrected chi connectivity index (χ4v) is 4.20. The van der Waals surface area contributed by atoms with Gasteiger partial charge >= 0.3 is 5.97 Å². The van der Waals surface area contributed by atoms with Crippen LogP contribution in [-0.2, 0) is 4.79 Å². The van der Waals surface area contributed by atoms with Crippen LogP contribution in [0.1, 0.15) is 31.8 Å². The molecule has 14 heteroatoms. The number of nitrogens with zero attached hydrogens (tertiary/aromatic N) is 2. The van der Waals surface area contributed by atoms with Crippen molar-refractivity contribution in [2.45, 2.75) is 0 Å². The van der Waals surface area contributed by atoms with Crippen LogP contribution in [0.2, 0.25) is 5.02 Å². The Morgan fingerprint density at radius 1 is 0.809 bits per heavy atom. The number of amides is 2. The second-order valence-corrected chi connectivity index (χ2v) is 9.87. The first-order valence-corrected chi connectivity index (χ1v) is 14.0. The van der Waals surface area contributed by atoms with E-state index in [1.165, 1.54) is 82.0 Å². The Bertz CT molecular complexity index is 1830. The van der Waals surface area contributed by atoms with Crippen LogP contribution >= 0.6 is 11.6 Å². The van der Waals surface area contributed by atoms with Crippen LogP contribution in [0.15, 0.2) is 90.0 Å². The number of benzene rings is 4. The topological polar surface area (TPSA) is 168 Å². The van der Waals surface area contributed by atoms with E-state index < -0.39 is 22.7 Å². The highest BCUT2D eigenvalue weighted by Gasteiger charge is 2.18. The summed E-state index contributed by atoms with van der Waals surface area (Å²) in [6.07, 6.45) is 3.81. The maximum absolute atomic E-state index is 12.9. The molecule has 0 aliphatic rings. The molecule has 0 bridgehead atoms. The molecule has 0 heterocycles. The van der Waals surface area contributed by atoms with E-state index in [1.807, 2.05) is 0 Å². The van der Waals surface area contributed by atoms with E-state index in [0.29, 0.717) is 33.5 Å². The molecule has 0 spiro atoms. The maximum Gasteiger partial charge on any atom is 0.336 e. The quantitative estimate of drug-likeness (QED) is 0.0469. The van der Waals surface area contributed by atoms with E-state index in [1.54, 1.807) is 24.3 Å². The van der Waals surface area contributed by atoms with E-state index in [0.717, 1.165) is 12.3 Å². The van der Waals surface area contributed by atoms with Crippen molar-refractivity contribution >= 4 is 53.0 Å². The molecule has 13 nitrogen and oxygen atoms in total. The molecule has 0 atom stereocenters. The number of rotatable bonds is 12. The third kappa shape index (κ3) is 8.93. The molecule has 4 aromatic carbocycles. The highest BCUT2D eigenvalue weighted by Crippen LogP contribution is 2.38. The van der Waals surface area contributed by atoms with Gasteiger partial charge in [0.15, 0.2) is 11.5 Å². The van der Waals surface area contributed by atoms with Crippen LogP contribution in [0.25, 0.3) is 6.08 Å². The zero-order valence-electron chi connectivity index (χ0n) is 25.2. The first-order valence-electron chi connectivity index (χ1n) is 13.6. The number of hydrogen-bond acceptors (Lipinski definition) is 10. The molecular weight excluding hydrogens is 632 g/mol. The van der Waals surface area contributed by atoms with Crippen LogP contribution in [0, 0.1) is 10.1 Å². The van der Waals surface area contributed by atoms with E-state index in [4.69, 9.17) is 30.5 Å². The first-order chi connectivity index (χ1) is 22.6. The van der Waals surface area contributed by atoms with E-state index in [2.05, 4.69) is 15.8 Å². The number of carbonyl (C=O) groups excluding carboxylic acids is 3. The lowest BCUT2D eigenvalue weighted by atomic mass is 10.1. The fraction of sp³-hybridized carbons (Fsp3) is 0.0909. The van der Waals surface area contributed by atoms with Gasteiger partial charge in [0.05, 0.1) is 32.5 Å². The molecule has 47 heavy (non-hydrogen) atoms. The van der Waals surface area contributed by atoms with Crippen molar-refractivity contribution in [2.75, 3.05) is 26.6 Å². The predicted molar refractivity (Wildman–Crippen MR) is 175 cm³/mol.